The number of benzene rings is 1. The van der Waals surface area contributed by atoms with Gasteiger partial charge in [-0.3, -0.25) is 9.59 Å². The summed E-state index contributed by atoms with van der Waals surface area (Å²) in [7, 11) is 1.55. The van der Waals surface area contributed by atoms with E-state index >= 15 is 0 Å². The van der Waals surface area contributed by atoms with Crippen LogP contribution in [0.25, 0.3) is 0 Å². The molecule has 1 aromatic rings. The van der Waals surface area contributed by atoms with E-state index in [1.807, 2.05) is 38.1 Å². The predicted octanol–water partition coefficient (Wildman–Crippen LogP) is 3.68. The molecule has 2 rings (SSSR count). The minimum absolute atomic E-state index is 0.122. The molecule has 1 N–H and O–H groups in total. The van der Waals surface area contributed by atoms with E-state index in [0.29, 0.717) is 24.9 Å². The van der Waals surface area contributed by atoms with Crippen molar-refractivity contribution < 1.29 is 24.2 Å². The van der Waals surface area contributed by atoms with Crippen molar-refractivity contribution in [3.63, 3.8) is 0 Å². The maximum absolute atomic E-state index is 12.9. The molecule has 1 amide bonds. The lowest BCUT2D eigenvalue weighted by atomic mass is 9.92. The third kappa shape index (κ3) is 5.13. The minimum Gasteiger partial charge on any atom is -0.503 e. The van der Waals surface area contributed by atoms with E-state index in [4.69, 9.17) is 9.47 Å². The summed E-state index contributed by atoms with van der Waals surface area (Å²) < 4.78 is 10.9. The smallest absolute Gasteiger partial charge is 0.290 e. The first-order chi connectivity index (χ1) is 13.3. The summed E-state index contributed by atoms with van der Waals surface area (Å²) in [6.45, 7) is 9.16. The third-order valence-corrected chi connectivity index (χ3v) is 4.49. The van der Waals surface area contributed by atoms with Gasteiger partial charge in [0.15, 0.2) is 11.5 Å². The number of nitrogens with zero attached hydrogens (tertiary/aromatic N) is 1. The number of rotatable bonds is 10. The van der Waals surface area contributed by atoms with E-state index < -0.39 is 17.7 Å². The average molecular weight is 389 g/mol. The number of carbonyl (C=O) groups is 2. The highest BCUT2D eigenvalue weighted by molar-refractivity contribution is 6.09. The quantitative estimate of drug-likeness (QED) is 0.661. The summed E-state index contributed by atoms with van der Waals surface area (Å²) in [6.07, 6.45) is 0.269. The summed E-state index contributed by atoms with van der Waals surface area (Å²) in [5, 5.41) is 10.5. The van der Waals surface area contributed by atoms with Crippen LogP contribution in [-0.4, -0.2) is 48.6 Å². The molecule has 0 saturated carbocycles. The average Bonchev–Trinajstić information content (AvgIpc) is 2.89. The lowest BCUT2D eigenvalue weighted by molar-refractivity contribution is -0.130. The standard InChI is InChI=1S/C22H31NO5/c1-14(2)11-18(24)19-20(23(9-10-27-5)22(26)21(19)25)16-7-6-8-17(12-16)28-13-15(3)4/h6-8,12,14-15,20,25H,9-11,13H2,1-5H3. The fraction of sp³-hybridized carbons (Fsp3) is 0.545. The Bertz CT molecular complexity index is 738. The molecular formula is C22H31NO5. The van der Waals surface area contributed by atoms with Gasteiger partial charge in [-0.15, -0.1) is 0 Å². The van der Waals surface area contributed by atoms with Crippen LogP contribution in [-0.2, 0) is 14.3 Å². The van der Waals surface area contributed by atoms with Gasteiger partial charge < -0.3 is 19.5 Å². The van der Waals surface area contributed by atoms with Crippen molar-refractivity contribution in [2.75, 3.05) is 26.9 Å². The molecule has 0 radical (unpaired) electrons. The zero-order valence-corrected chi connectivity index (χ0v) is 17.4. The molecule has 1 aliphatic heterocycles. The predicted molar refractivity (Wildman–Crippen MR) is 107 cm³/mol. The maximum Gasteiger partial charge on any atom is 0.290 e. The molecule has 28 heavy (non-hydrogen) atoms. The normalized spacial score (nSPS) is 17.2. The van der Waals surface area contributed by atoms with E-state index in [2.05, 4.69) is 13.8 Å². The van der Waals surface area contributed by atoms with Crippen LogP contribution in [0.2, 0.25) is 0 Å². The first-order valence-corrected chi connectivity index (χ1v) is 9.75. The number of Topliss-reactive ketones (excluding diaryl/α,β-unsaturated/α-hetero) is 1. The van der Waals surface area contributed by atoms with Crippen molar-refractivity contribution in [2.24, 2.45) is 11.8 Å². The largest absolute Gasteiger partial charge is 0.503 e. The Hall–Kier alpha value is -2.34. The fourth-order valence-corrected chi connectivity index (χ4v) is 3.22. The Kier molecular flexibility index (Phi) is 7.63. The second-order valence-electron chi connectivity index (χ2n) is 7.95. The molecule has 0 spiro atoms. The second kappa shape index (κ2) is 9.73. The van der Waals surface area contributed by atoms with Crippen LogP contribution in [0.5, 0.6) is 5.75 Å². The Balaban J connectivity index is 2.42. The molecule has 0 aromatic heterocycles. The SMILES string of the molecule is COCCN1C(=O)C(O)=C(C(=O)CC(C)C)C1c1cccc(OCC(C)C)c1. The van der Waals surface area contributed by atoms with Gasteiger partial charge in [-0.25, -0.2) is 0 Å². The van der Waals surface area contributed by atoms with Gasteiger partial charge in [0.25, 0.3) is 5.91 Å². The molecule has 1 unspecified atom stereocenters. The van der Waals surface area contributed by atoms with Crippen LogP contribution in [0.15, 0.2) is 35.6 Å². The monoisotopic (exact) mass is 389 g/mol. The molecule has 1 heterocycles. The lowest BCUT2D eigenvalue weighted by Gasteiger charge is -2.27. The van der Waals surface area contributed by atoms with Crippen LogP contribution in [0, 0.1) is 11.8 Å². The highest BCUT2D eigenvalue weighted by atomic mass is 16.5. The molecule has 0 fully saturated rings. The fourth-order valence-electron chi connectivity index (χ4n) is 3.22. The molecule has 1 aromatic carbocycles. The summed E-state index contributed by atoms with van der Waals surface area (Å²) in [4.78, 5) is 27.0. The molecule has 154 valence electrons. The summed E-state index contributed by atoms with van der Waals surface area (Å²) in [6, 6.07) is 6.73. The van der Waals surface area contributed by atoms with Gasteiger partial charge in [0.2, 0.25) is 0 Å². The van der Waals surface area contributed by atoms with Crippen LogP contribution < -0.4 is 4.74 Å². The number of aliphatic hydroxyl groups excluding tert-OH is 1. The van der Waals surface area contributed by atoms with Gasteiger partial charge in [0.05, 0.1) is 24.8 Å². The Morgan fingerprint density at radius 2 is 1.93 bits per heavy atom. The van der Waals surface area contributed by atoms with E-state index in [0.717, 1.165) is 5.56 Å². The highest BCUT2D eigenvalue weighted by Crippen LogP contribution is 2.39. The van der Waals surface area contributed by atoms with E-state index in [9.17, 15) is 14.7 Å². The van der Waals surface area contributed by atoms with Gasteiger partial charge >= 0.3 is 0 Å². The van der Waals surface area contributed by atoms with E-state index in [1.165, 1.54) is 4.90 Å². The first-order valence-electron chi connectivity index (χ1n) is 9.75. The number of ketones is 1. The van der Waals surface area contributed by atoms with Crippen LogP contribution in [0.3, 0.4) is 0 Å². The Morgan fingerprint density at radius 3 is 2.54 bits per heavy atom. The summed E-state index contributed by atoms with van der Waals surface area (Å²) in [5.41, 5.74) is 0.901. The zero-order chi connectivity index (χ0) is 20.8. The second-order valence-corrected chi connectivity index (χ2v) is 7.95. The van der Waals surface area contributed by atoms with E-state index in [-0.39, 0.29) is 30.2 Å². The molecule has 0 saturated heterocycles. The van der Waals surface area contributed by atoms with Crippen molar-refractivity contribution in [3.05, 3.63) is 41.2 Å². The van der Waals surface area contributed by atoms with Gasteiger partial charge in [-0.05, 0) is 29.5 Å². The number of hydrogen-bond acceptors (Lipinski definition) is 5. The van der Waals surface area contributed by atoms with Gasteiger partial charge in [-0.2, -0.15) is 0 Å². The minimum atomic E-state index is -0.642. The van der Waals surface area contributed by atoms with E-state index in [1.54, 1.807) is 7.11 Å². The van der Waals surface area contributed by atoms with Crippen molar-refractivity contribution >= 4 is 11.7 Å². The number of hydrogen-bond donors (Lipinski definition) is 1. The molecule has 6 nitrogen and oxygen atoms in total. The van der Waals surface area contributed by atoms with Crippen molar-refractivity contribution in [2.45, 2.75) is 40.2 Å². The van der Waals surface area contributed by atoms with Crippen LogP contribution in [0.1, 0.15) is 45.7 Å². The summed E-state index contributed by atoms with van der Waals surface area (Å²) in [5.74, 6) is -0.0334. The summed E-state index contributed by atoms with van der Waals surface area (Å²) >= 11 is 0. The maximum atomic E-state index is 12.9. The van der Waals surface area contributed by atoms with Gasteiger partial charge in [-0.1, -0.05) is 39.8 Å². The molecule has 0 bridgehead atoms. The van der Waals surface area contributed by atoms with Gasteiger partial charge in [0.1, 0.15) is 5.75 Å². The molecule has 6 heteroatoms. The van der Waals surface area contributed by atoms with Crippen LogP contribution in [0.4, 0.5) is 0 Å². The zero-order valence-electron chi connectivity index (χ0n) is 17.4. The topological polar surface area (TPSA) is 76.1 Å². The van der Waals surface area contributed by atoms with Crippen molar-refractivity contribution in [1.29, 1.82) is 0 Å². The molecule has 0 aliphatic carbocycles. The van der Waals surface area contributed by atoms with Crippen molar-refractivity contribution in [3.8, 4) is 5.75 Å². The molecule has 1 atom stereocenters. The Labute approximate surface area is 167 Å². The van der Waals surface area contributed by atoms with Crippen LogP contribution >= 0.6 is 0 Å². The number of aliphatic hydroxyl groups is 1. The number of amides is 1. The van der Waals surface area contributed by atoms with Gasteiger partial charge in [0, 0.05) is 20.1 Å². The van der Waals surface area contributed by atoms with Crippen molar-refractivity contribution in [1.82, 2.24) is 4.90 Å². The number of carbonyl (C=O) groups excluding carboxylic acids is 2. The first kappa shape index (κ1) is 22.0. The highest BCUT2D eigenvalue weighted by Gasteiger charge is 2.43. The number of ether oxygens (including phenoxy) is 2. The Morgan fingerprint density at radius 1 is 1.21 bits per heavy atom. The molecular weight excluding hydrogens is 358 g/mol. The molecule has 1 aliphatic rings. The number of methoxy groups -OCH3 is 1. The third-order valence-electron chi connectivity index (χ3n) is 4.49. The lowest BCUT2D eigenvalue weighted by Crippen LogP contribution is -2.34.